The predicted molar refractivity (Wildman–Crippen MR) is 126 cm³/mol. The molecule has 1 aliphatic rings. The third kappa shape index (κ3) is 4.80. The van der Waals surface area contributed by atoms with Crippen LogP contribution in [0.2, 0.25) is 0 Å². The van der Waals surface area contributed by atoms with Crippen molar-refractivity contribution < 1.29 is 9.59 Å². The summed E-state index contributed by atoms with van der Waals surface area (Å²) in [5, 5.41) is 6.03. The van der Waals surface area contributed by atoms with Crippen LogP contribution in [0.3, 0.4) is 0 Å². The Kier molecular flexibility index (Phi) is 6.68. The van der Waals surface area contributed by atoms with Crippen molar-refractivity contribution in [3.05, 3.63) is 76.3 Å². The number of anilines is 1. The van der Waals surface area contributed by atoms with Gasteiger partial charge >= 0.3 is 0 Å². The lowest BCUT2D eigenvalue weighted by Gasteiger charge is -2.32. The van der Waals surface area contributed by atoms with Crippen molar-refractivity contribution in [3.8, 4) is 5.69 Å². The third-order valence-corrected chi connectivity index (χ3v) is 6.23. The van der Waals surface area contributed by atoms with E-state index >= 15 is 0 Å². The number of hydrogen-bond acceptors (Lipinski definition) is 4. The number of halogens is 1. The van der Waals surface area contributed by atoms with E-state index in [1.165, 1.54) is 13.0 Å². The quantitative estimate of drug-likeness (QED) is 0.401. The van der Waals surface area contributed by atoms with Gasteiger partial charge in [0.15, 0.2) is 0 Å². The highest BCUT2D eigenvalue weighted by atomic mass is 79.9. The van der Waals surface area contributed by atoms with E-state index in [9.17, 15) is 9.59 Å². The first-order chi connectivity index (χ1) is 15.1. The zero-order valence-corrected chi connectivity index (χ0v) is 18.8. The number of nitrogens with zero attached hydrogens (tertiary/aromatic N) is 2. The van der Waals surface area contributed by atoms with Crippen molar-refractivity contribution in [2.75, 3.05) is 5.32 Å². The lowest BCUT2D eigenvalue weighted by molar-refractivity contribution is -0.118. The Balaban J connectivity index is 1.55. The number of rotatable bonds is 7. The molecule has 0 saturated heterocycles. The SMILES string of the molecule is Cc1nccn1-c1ccc(NC(=O)[C@@H](N[B]C=O)[C@@H]2CCCc3ccc(Br)cc32)cc1. The molecule has 0 spiro atoms. The maximum Gasteiger partial charge on any atom is 0.291 e. The van der Waals surface area contributed by atoms with E-state index in [-0.39, 0.29) is 11.8 Å². The predicted octanol–water partition coefficient (Wildman–Crippen LogP) is 3.77. The summed E-state index contributed by atoms with van der Waals surface area (Å²) in [5.74, 6) is 0.709. The number of carbonyl (C=O) groups excluding carboxylic acids is 2. The summed E-state index contributed by atoms with van der Waals surface area (Å²) in [6.07, 6.45) is 7.21. The van der Waals surface area contributed by atoms with Gasteiger partial charge in [-0.05, 0) is 73.7 Å². The number of imidazole rings is 1. The molecule has 0 bridgehead atoms. The molecule has 0 aliphatic heterocycles. The van der Waals surface area contributed by atoms with Gasteiger partial charge in [-0.25, -0.2) is 4.98 Å². The number of amides is 1. The Morgan fingerprint density at radius 2 is 2.10 bits per heavy atom. The normalized spacial score (nSPS) is 16.3. The van der Waals surface area contributed by atoms with Crippen LogP contribution in [0.25, 0.3) is 5.69 Å². The summed E-state index contributed by atoms with van der Waals surface area (Å²) in [6, 6.07) is 13.3. The fraction of sp³-hybridized carbons (Fsp3) is 0.261. The zero-order valence-electron chi connectivity index (χ0n) is 17.2. The van der Waals surface area contributed by atoms with Crippen LogP contribution < -0.4 is 10.5 Å². The van der Waals surface area contributed by atoms with E-state index in [0.717, 1.165) is 40.8 Å². The first-order valence-corrected chi connectivity index (χ1v) is 11.1. The summed E-state index contributed by atoms with van der Waals surface area (Å²) in [5.41, 5.74) is 4.08. The van der Waals surface area contributed by atoms with Crippen molar-refractivity contribution in [2.45, 2.75) is 38.1 Å². The fourth-order valence-corrected chi connectivity index (χ4v) is 4.63. The molecule has 2 atom stereocenters. The second-order valence-corrected chi connectivity index (χ2v) is 8.59. The van der Waals surface area contributed by atoms with E-state index in [1.807, 2.05) is 48.0 Å². The minimum absolute atomic E-state index is 0.0229. The summed E-state index contributed by atoms with van der Waals surface area (Å²) >= 11 is 3.55. The number of carbonyl (C=O) groups is 2. The summed E-state index contributed by atoms with van der Waals surface area (Å²) in [4.78, 5) is 28.5. The van der Waals surface area contributed by atoms with Crippen molar-refractivity contribution in [1.29, 1.82) is 0 Å². The average molecular weight is 478 g/mol. The Morgan fingerprint density at radius 1 is 1.29 bits per heavy atom. The zero-order chi connectivity index (χ0) is 21.8. The van der Waals surface area contributed by atoms with E-state index in [0.29, 0.717) is 11.9 Å². The molecule has 31 heavy (non-hydrogen) atoms. The minimum Gasteiger partial charge on any atom is -0.343 e. The number of fused-ring (bicyclic) bond motifs is 1. The van der Waals surface area contributed by atoms with Gasteiger partial charge in [-0.15, -0.1) is 0 Å². The van der Waals surface area contributed by atoms with Crippen LogP contribution in [0.15, 0.2) is 59.3 Å². The first kappa shape index (κ1) is 21.5. The van der Waals surface area contributed by atoms with E-state index in [4.69, 9.17) is 0 Å². The standard InChI is InChI=1S/C23H23BBrN4O2/c1-15-26-11-12-29(15)19-9-7-18(8-10-19)27-23(31)22(28-24-14-30)20-4-2-3-16-5-6-17(25)13-21(16)20/h5-14,20,22,28H,2-4H2,1H3,(H,27,31)/t20-,22+/m1/s1. The van der Waals surface area contributed by atoms with Gasteiger partial charge in [-0.2, -0.15) is 0 Å². The molecule has 0 fully saturated rings. The molecule has 3 aromatic rings. The Bertz CT molecular complexity index is 1080. The average Bonchev–Trinajstić information content (AvgIpc) is 3.20. The highest BCUT2D eigenvalue weighted by molar-refractivity contribution is 9.10. The van der Waals surface area contributed by atoms with Gasteiger partial charge in [0.25, 0.3) is 7.41 Å². The van der Waals surface area contributed by atoms with Crippen molar-refractivity contribution in [2.24, 2.45) is 0 Å². The molecule has 0 saturated carbocycles. The molecule has 8 heteroatoms. The lowest BCUT2D eigenvalue weighted by atomic mass is 9.77. The van der Waals surface area contributed by atoms with Crippen molar-refractivity contribution in [1.82, 2.24) is 14.8 Å². The molecule has 2 N–H and O–H groups in total. The van der Waals surface area contributed by atoms with Crippen LogP contribution in [-0.2, 0) is 16.0 Å². The van der Waals surface area contributed by atoms with Gasteiger partial charge in [0.1, 0.15) is 5.82 Å². The van der Waals surface area contributed by atoms with Gasteiger partial charge in [0, 0.05) is 34.2 Å². The van der Waals surface area contributed by atoms with Crippen LogP contribution in [0.4, 0.5) is 5.69 Å². The largest absolute Gasteiger partial charge is 0.343 e. The maximum atomic E-state index is 13.2. The van der Waals surface area contributed by atoms with Crippen LogP contribution in [0, 0.1) is 6.92 Å². The topological polar surface area (TPSA) is 76.0 Å². The van der Waals surface area contributed by atoms with Gasteiger partial charge < -0.3 is 19.9 Å². The number of nitrogens with one attached hydrogen (secondary N) is 2. The Labute approximate surface area is 190 Å². The monoisotopic (exact) mass is 477 g/mol. The Morgan fingerprint density at radius 3 is 2.81 bits per heavy atom. The van der Waals surface area contributed by atoms with Gasteiger partial charge in [0.05, 0.1) is 12.2 Å². The molecular weight excluding hydrogens is 455 g/mol. The van der Waals surface area contributed by atoms with Gasteiger partial charge in [-0.3, -0.25) is 4.79 Å². The minimum atomic E-state index is -0.547. The molecule has 1 amide bonds. The van der Waals surface area contributed by atoms with Crippen LogP contribution in [-0.4, -0.2) is 35.1 Å². The Hall–Kier alpha value is -2.71. The lowest BCUT2D eigenvalue weighted by Crippen LogP contribution is -2.47. The molecular formula is C23H23BBrN4O2. The van der Waals surface area contributed by atoms with Crippen molar-refractivity contribution in [3.63, 3.8) is 0 Å². The molecule has 157 valence electrons. The molecule has 1 aromatic heterocycles. The first-order valence-electron chi connectivity index (χ1n) is 10.3. The smallest absolute Gasteiger partial charge is 0.291 e. The van der Waals surface area contributed by atoms with Crippen LogP contribution in [0.1, 0.15) is 35.7 Å². The molecule has 4 rings (SSSR count). The second kappa shape index (κ2) is 9.62. The molecule has 1 radical (unpaired) electrons. The summed E-state index contributed by atoms with van der Waals surface area (Å²) in [6.45, 7) is 1.94. The van der Waals surface area contributed by atoms with Crippen LogP contribution >= 0.6 is 15.9 Å². The molecule has 1 heterocycles. The third-order valence-electron chi connectivity index (χ3n) is 5.74. The van der Waals surface area contributed by atoms with E-state index in [2.05, 4.69) is 43.6 Å². The molecule has 1 aliphatic carbocycles. The number of hydrogen-bond donors (Lipinski definition) is 2. The van der Waals surface area contributed by atoms with Crippen LogP contribution in [0.5, 0.6) is 0 Å². The summed E-state index contributed by atoms with van der Waals surface area (Å²) in [7, 11) is 1.31. The second-order valence-electron chi connectivity index (χ2n) is 7.67. The highest BCUT2D eigenvalue weighted by Crippen LogP contribution is 2.36. The van der Waals surface area contributed by atoms with Gasteiger partial charge in [-0.1, -0.05) is 22.0 Å². The molecule has 0 unspecified atom stereocenters. The highest BCUT2D eigenvalue weighted by Gasteiger charge is 2.32. The molecule has 6 nitrogen and oxygen atoms in total. The summed E-state index contributed by atoms with van der Waals surface area (Å²) < 4.78 is 2.97. The number of aromatic nitrogens is 2. The molecule has 2 aromatic carbocycles. The number of benzene rings is 2. The maximum absolute atomic E-state index is 13.2. The van der Waals surface area contributed by atoms with E-state index < -0.39 is 6.04 Å². The van der Waals surface area contributed by atoms with E-state index in [1.54, 1.807) is 6.20 Å². The van der Waals surface area contributed by atoms with Crippen molar-refractivity contribution >= 4 is 41.1 Å². The fourth-order valence-electron chi connectivity index (χ4n) is 4.25. The number of aryl methyl sites for hydroxylation is 2. The van der Waals surface area contributed by atoms with Gasteiger partial charge in [0.2, 0.25) is 5.91 Å².